The fourth-order valence-corrected chi connectivity index (χ4v) is 1.21. The molecule has 0 atom stereocenters. The number of nitrogens with zero attached hydrogens (tertiary/aromatic N) is 1. The summed E-state index contributed by atoms with van der Waals surface area (Å²) in [6, 6.07) is 1.41. The molecule has 0 amide bonds. The first kappa shape index (κ1) is 11.0. The zero-order chi connectivity index (χ0) is 10.7. The number of pyridine rings is 1. The van der Waals surface area contributed by atoms with Gasteiger partial charge in [-0.05, 0) is 6.07 Å². The van der Waals surface area contributed by atoms with Crippen LogP contribution in [0.5, 0.6) is 5.75 Å². The summed E-state index contributed by atoms with van der Waals surface area (Å²) in [5, 5.41) is 0. The van der Waals surface area contributed by atoms with Crippen molar-refractivity contribution in [2.75, 3.05) is 12.8 Å². The van der Waals surface area contributed by atoms with Crippen LogP contribution in [0, 0.1) is 0 Å². The Labute approximate surface area is 84.8 Å². The third-order valence-corrected chi connectivity index (χ3v) is 1.90. The molecule has 0 bridgehead atoms. The van der Waals surface area contributed by atoms with Gasteiger partial charge in [-0.1, -0.05) is 0 Å². The van der Waals surface area contributed by atoms with Crippen LogP contribution < -0.4 is 10.5 Å². The van der Waals surface area contributed by atoms with Crippen molar-refractivity contribution in [2.45, 2.75) is 12.3 Å². The van der Waals surface area contributed by atoms with Crippen molar-refractivity contribution >= 4 is 17.3 Å². The van der Waals surface area contributed by atoms with E-state index in [-0.39, 0.29) is 17.3 Å². The number of alkyl halides is 3. The van der Waals surface area contributed by atoms with E-state index in [9.17, 15) is 8.78 Å². The Hall–Kier alpha value is -1.10. The van der Waals surface area contributed by atoms with Crippen molar-refractivity contribution in [1.82, 2.24) is 4.98 Å². The smallest absolute Gasteiger partial charge is 0.284 e. The van der Waals surface area contributed by atoms with Crippen molar-refractivity contribution in [2.24, 2.45) is 0 Å². The largest absolute Gasteiger partial charge is 0.492 e. The first-order chi connectivity index (χ1) is 6.60. The van der Waals surface area contributed by atoms with Crippen LogP contribution in [0.4, 0.5) is 14.5 Å². The van der Waals surface area contributed by atoms with Gasteiger partial charge in [0.25, 0.3) is 6.43 Å². The van der Waals surface area contributed by atoms with Crippen LogP contribution in [0.1, 0.15) is 17.8 Å². The molecular formula is C8H9ClF2N2O. The Morgan fingerprint density at radius 2 is 2.29 bits per heavy atom. The number of ether oxygens (including phenoxy) is 1. The standard InChI is InChI=1S/C8H9ClF2N2O/c1-14-7-5(12)2-4(3-9)13-6(7)8(10)11/h2,8H,3H2,1H3,(H2,12,13). The number of methoxy groups -OCH3 is 1. The lowest BCUT2D eigenvalue weighted by molar-refractivity contribution is 0.141. The normalized spacial score (nSPS) is 10.6. The number of hydrogen-bond donors (Lipinski definition) is 1. The number of hydrogen-bond acceptors (Lipinski definition) is 3. The van der Waals surface area contributed by atoms with Gasteiger partial charge in [0.1, 0.15) is 0 Å². The van der Waals surface area contributed by atoms with Crippen LogP contribution in [0.15, 0.2) is 6.07 Å². The van der Waals surface area contributed by atoms with Gasteiger partial charge < -0.3 is 10.5 Å². The minimum absolute atomic E-state index is 0.0356. The summed E-state index contributed by atoms with van der Waals surface area (Å²) in [5.74, 6) is -0.0534. The molecule has 14 heavy (non-hydrogen) atoms. The number of nitrogens with two attached hydrogens (primary N) is 1. The van der Waals surface area contributed by atoms with E-state index >= 15 is 0 Å². The third kappa shape index (κ3) is 2.04. The lowest BCUT2D eigenvalue weighted by Crippen LogP contribution is -2.03. The molecule has 0 unspecified atom stereocenters. The van der Waals surface area contributed by atoms with Gasteiger partial charge in [0.05, 0.1) is 24.4 Å². The number of anilines is 1. The maximum absolute atomic E-state index is 12.5. The molecule has 6 heteroatoms. The monoisotopic (exact) mass is 222 g/mol. The summed E-state index contributed by atoms with van der Waals surface area (Å²) in [5.41, 5.74) is 5.44. The fourth-order valence-electron chi connectivity index (χ4n) is 1.07. The van der Waals surface area contributed by atoms with Crippen LogP contribution in [-0.4, -0.2) is 12.1 Å². The molecule has 0 aliphatic carbocycles. The predicted molar refractivity (Wildman–Crippen MR) is 49.7 cm³/mol. The summed E-state index contributed by atoms with van der Waals surface area (Å²) in [6.45, 7) is 0. The number of halogens is 3. The molecule has 2 N–H and O–H groups in total. The zero-order valence-electron chi connectivity index (χ0n) is 7.43. The molecule has 1 aromatic heterocycles. The number of nitrogen functional groups attached to an aromatic ring is 1. The second-order valence-electron chi connectivity index (χ2n) is 2.56. The molecule has 0 spiro atoms. The van der Waals surface area contributed by atoms with Crippen LogP contribution in [0.2, 0.25) is 0 Å². The van der Waals surface area contributed by atoms with Crippen LogP contribution in [0.25, 0.3) is 0 Å². The first-order valence-electron chi connectivity index (χ1n) is 3.77. The maximum Gasteiger partial charge on any atom is 0.284 e. The lowest BCUT2D eigenvalue weighted by Gasteiger charge is -2.10. The average Bonchev–Trinajstić information content (AvgIpc) is 2.16. The molecule has 1 aromatic rings. The van der Waals surface area contributed by atoms with Crippen LogP contribution in [-0.2, 0) is 5.88 Å². The summed E-state index contributed by atoms with van der Waals surface area (Å²) in [7, 11) is 1.26. The second kappa shape index (κ2) is 4.41. The van der Waals surface area contributed by atoms with E-state index in [2.05, 4.69) is 4.98 Å². The van der Waals surface area contributed by atoms with Gasteiger partial charge in [-0.15, -0.1) is 11.6 Å². The quantitative estimate of drug-likeness (QED) is 0.799. The van der Waals surface area contributed by atoms with E-state index in [0.717, 1.165) is 0 Å². The first-order valence-corrected chi connectivity index (χ1v) is 4.31. The molecule has 0 fully saturated rings. The molecule has 3 nitrogen and oxygen atoms in total. The molecule has 0 radical (unpaired) electrons. The highest BCUT2D eigenvalue weighted by atomic mass is 35.5. The van der Waals surface area contributed by atoms with E-state index in [1.54, 1.807) is 0 Å². The minimum Gasteiger partial charge on any atom is -0.492 e. The van der Waals surface area contributed by atoms with Crippen LogP contribution in [0.3, 0.4) is 0 Å². The molecule has 1 heterocycles. The Bertz CT molecular complexity index is 333. The van der Waals surface area contributed by atoms with E-state index in [1.807, 2.05) is 0 Å². The maximum atomic E-state index is 12.5. The molecule has 1 rings (SSSR count). The van der Waals surface area contributed by atoms with E-state index in [4.69, 9.17) is 22.1 Å². The zero-order valence-corrected chi connectivity index (χ0v) is 8.18. The minimum atomic E-state index is -2.73. The third-order valence-electron chi connectivity index (χ3n) is 1.63. The van der Waals surface area contributed by atoms with E-state index < -0.39 is 12.1 Å². The van der Waals surface area contributed by atoms with Gasteiger partial charge in [0, 0.05) is 0 Å². The number of aromatic nitrogens is 1. The lowest BCUT2D eigenvalue weighted by atomic mass is 10.2. The molecular weight excluding hydrogens is 214 g/mol. The molecule has 0 saturated carbocycles. The summed E-state index contributed by atoms with van der Waals surface area (Å²) >= 11 is 5.47. The highest BCUT2D eigenvalue weighted by Gasteiger charge is 2.19. The van der Waals surface area contributed by atoms with Gasteiger partial charge in [-0.3, -0.25) is 0 Å². The molecule has 0 aliphatic heterocycles. The molecule has 0 aromatic carbocycles. The Balaban J connectivity index is 3.28. The van der Waals surface area contributed by atoms with Crippen molar-refractivity contribution in [3.05, 3.63) is 17.5 Å². The number of rotatable bonds is 3. The Morgan fingerprint density at radius 1 is 1.64 bits per heavy atom. The molecule has 0 saturated heterocycles. The second-order valence-corrected chi connectivity index (χ2v) is 2.82. The summed E-state index contributed by atoms with van der Waals surface area (Å²) in [6.07, 6.45) is -2.73. The summed E-state index contributed by atoms with van der Waals surface area (Å²) < 4.78 is 29.7. The molecule has 78 valence electrons. The Kier molecular flexibility index (Phi) is 3.46. The van der Waals surface area contributed by atoms with Crippen molar-refractivity contribution in [1.29, 1.82) is 0 Å². The molecule has 0 aliphatic rings. The average molecular weight is 223 g/mol. The highest BCUT2D eigenvalue weighted by molar-refractivity contribution is 6.16. The van der Waals surface area contributed by atoms with E-state index in [1.165, 1.54) is 13.2 Å². The van der Waals surface area contributed by atoms with Gasteiger partial charge in [0.15, 0.2) is 11.4 Å². The van der Waals surface area contributed by atoms with Gasteiger partial charge in [0.2, 0.25) is 0 Å². The fraction of sp³-hybridized carbons (Fsp3) is 0.375. The predicted octanol–water partition coefficient (Wildman–Crippen LogP) is 2.35. The van der Waals surface area contributed by atoms with Gasteiger partial charge in [-0.25, -0.2) is 13.8 Å². The van der Waals surface area contributed by atoms with Gasteiger partial charge >= 0.3 is 0 Å². The van der Waals surface area contributed by atoms with Crippen LogP contribution >= 0.6 is 11.6 Å². The Morgan fingerprint density at radius 3 is 2.71 bits per heavy atom. The van der Waals surface area contributed by atoms with Gasteiger partial charge in [-0.2, -0.15) is 0 Å². The van der Waals surface area contributed by atoms with E-state index in [0.29, 0.717) is 5.69 Å². The highest BCUT2D eigenvalue weighted by Crippen LogP contribution is 2.32. The SMILES string of the molecule is COc1c(N)cc(CCl)nc1C(F)F. The van der Waals surface area contributed by atoms with Crippen molar-refractivity contribution < 1.29 is 13.5 Å². The van der Waals surface area contributed by atoms with Crippen molar-refractivity contribution in [3.8, 4) is 5.75 Å². The van der Waals surface area contributed by atoms with Crippen molar-refractivity contribution in [3.63, 3.8) is 0 Å². The topological polar surface area (TPSA) is 48.1 Å². The summed E-state index contributed by atoms with van der Waals surface area (Å²) in [4.78, 5) is 3.64.